The van der Waals surface area contributed by atoms with Gasteiger partial charge in [0.05, 0.1) is 12.8 Å². The first-order chi connectivity index (χ1) is 10.4. The number of hydrogen-bond donors (Lipinski definition) is 1. The van der Waals surface area contributed by atoms with Gasteiger partial charge in [-0.15, -0.1) is 0 Å². The topological polar surface area (TPSA) is 37.9 Å². The standard InChI is InChI=1S/C19H26N2O/c1-11(2)17-18(21-12(3)20-17)16-15(19(16,4)5)13-8-7-9-14(10-13)22-6/h7-11,15-16H,1-6H3,(H,20,21)/t15-,16+/m1/s1. The highest BCUT2D eigenvalue weighted by atomic mass is 16.5. The number of aromatic amines is 1. The van der Waals surface area contributed by atoms with Crippen LogP contribution in [0.2, 0.25) is 0 Å². The van der Waals surface area contributed by atoms with E-state index in [2.05, 4.69) is 50.9 Å². The molecule has 1 N–H and O–H groups in total. The summed E-state index contributed by atoms with van der Waals surface area (Å²) < 4.78 is 5.39. The van der Waals surface area contributed by atoms with Crippen molar-refractivity contribution in [1.82, 2.24) is 9.97 Å². The normalized spacial score (nSPS) is 22.9. The average molecular weight is 298 g/mol. The highest BCUT2D eigenvalue weighted by Crippen LogP contribution is 2.70. The molecule has 0 radical (unpaired) electrons. The van der Waals surface area contributed by atoms with E-state index in [1.165, 1.54) is 17.0 Å². The number of ether oxygens (including phenoxy) is 1. The third kappa shape index (κ3) is 2.33. The van der Waals surface area contributed by atoms with Crippen molar-refractivity contribution in [3.05, 3.63) is 47.0 Å². The lowest BCUT2D eigenvalue weighted by atomic mass is 10.0. The number of nitrogens with zero attached hydrogens (tertiary/aromatic N) is 1. The van der Waals surface area contributed by atoms with Gasteiger partial charge >= 0.3 is 0 Å². The highest BCUT2D eigenvalue weighted by molar-refractivity contribution is 5.44. The van der Waals surface area contributed by atoms with Gasteiger partial charge in [0.2, 0.25) is 0 Å². The van der Waals surface area contributed by atoms with Gasteiger partial charge in [0, 0.05) is 11.6 Å². The average Bonchev–Trinajstić information content (AvgIpc) is 2.83. The molecule has 3 nitrogen and oxygen atoms in total. The van der Waals surface area contributed by atoms with E-state index < -0.39 is 0 Å². The molecule has 1 aromatic heterocycles. The first kappa shape index (κ1) is 15.1. The number of H-pyrrole nitrogens is 1. The molecular formula is C19H26N2O. The molecule has 1 fully saturated rings. The van der Waals surface area contributed by atoms with Crippen LogP contribution in [0.15, 0.2) is 24.3 Å². The van der Waals surface area contributed by atoms with Crippen molar-refractivity contribution in [1.29, 1.82) is 0 Å². The van der Waals surface area contributed by atoms with Gasteiger partial charge in [0.15, 0.2) is 0 Å². The lowest BCUT2D eigenvalue weighted by molar-refractivity contribution is 0.414. The molecular weight excluding hydrogens is 272 g/mol. The lowest BCUT2D eigenvalue weighted by Gasteiger charge is -2.06. The van der Waals surface area contributed by atoms with Crippen molar-refractivity contribution in [3.8, 4) is 5.75 Å². The Bertz CT molecular complexity index is 684. The predicted octanol–water partition coefficient (Wildman–Crippen LogP) is 4.76. The van der Waals surface area contributed by atoms with E-state index in [0.717, 1.165) is 11.6 Å². The van der Waals surface area contributed by atoms with Crippen LogP contribution in [0.25, 0.3) is 0 Å². The fourth-order valence-corrected chi connectivity index (χ4v) is 3.84. The molecule has 1 aromatic carbocycles. The van der Waals surface area contributed by atoms with Crippen molar-refractivity contribution in [2.24, 2.45) is 5.41 Å². The quantitative estimate of drug-likeness (QED) is 0.884. The second-order valence-electron chi connectivity index (χ2n) is 7.33. The molecule has 0 unspecified atom stereocenters. The van der Waals surface area contributed by atoms with Crippen molar-refractivity contribution in [3.63, 3.8) is 0 Å². The van der Waals surface area contributed by atoms with Gasteiger partial charge < -0.3 is 9.72 Å². The summed E-state index contributed by atoms with van der Waals surface area (Å²) in [6, 6.07) is 8.48. The third-order valence-electron chi connectivity index (χ3n) is 5.02. The van der Waals surface area contributed by atoms with Gasteiger partial charge in [0.1, 0.15) is 11.6 Å². The molecule has 2 aromatic rings. The van der Waals surface area contributed by atoms with Gasteiger partial charge in [0.25, 0.3) is 0 Å². The van der Waals surface area contributed by atoms with Crippen LogP contribution in [0.3, 0.4) is 0 Å². The largest absolute Gasteiger partial charge is 0.497 e. The fourth-order valence-electron chi connectivity index (χ4n) is 3.84. The summed E-state index contributed by atoms with van der Waals surface area (Å²) in [4.78, 5) is 8.25. The molecule has 3 heteroatoms. The van der Waals surface area contributed by atoms with E-state index in [-0.39, 0.29) is 5.41 Å². The Hall–Kier alpha value is -1.77. The Morgan fingerprint density at radius 3 is 2.59 bits per heavy atom. The van der Waals surface area contributed by atoms with E-state index in [1.54, 1.807) is 7.11 Å². The summed E-state index contributed by atoms with van der Waals surface area (Å²) in [5.74, 6) is 3.41. The van der Waals surface area contributed by atoms with Crippen LogP contribution in [0.4, 0.5) is 0 Å². The SMILES string of the molecule is COc1cccc([C@@H]2[C@@H](c3[nH]c(C)nc3C(C)C)C2(C)C)c1. The van der Waals surface area contributed by atoms with Crippen LogP contribution in [-0.4, -0.2) is 17.1 Å². The summed E-state index contributed by atoms with van der Waals surface area (Å²) in [5, 5.41) is 0. The molecule has 1 aliphatic carbocycles. The van der Waals surface area contributed by atoms with Crippen molar-refractivity contribution in [2.75, 3.05) is 7.11 Å². The van der Waals surface area contributed by atoms with Crippen LogP contribution in [0.5, 0.6) is 5.75 Å². The van der Waals surface area contributed by atoms with Crippen LogP contribution >= 0.6 is 0 Å². The molecule has 22 heavy (non-hydrogen) atoms. The maximum atomic E-state index is 5.39. The van der Waals surface area contributed by atoms with Crippen molar-refractivity contribution in [2.45, 2.75) is 52.4 Å². The third-order valence-corrected chi connectivity index (χ3v) is 5.02. The molecule has 0 saturated heterocycles. The molecule has 0 spiro atoms. The number of nitrogens with one attached hydrogen (secondary N) is 1. The zero-order chi connectivity index (χ0) is 16.1. The number of rotatable bonds is 4. The molecule has 1 aliphatic rings. The summed E-state index contributed by atoms with van der Waals surface area (Å²) in [6.07, 6.45) is 0. The van der Waals surface area contributed by atoms with E-state index in [4.69, 9.17) is 9.72 Å². The molecule has 0 amide bonds. The molecule has 118 valence electrons. The Morgan fingerprint density at radius 1 is 1.23 bits per heavy atom. The number of aromatic nitrogens is 2. The smallest absolute Gasteiger partial charge is 0.119 e. The fraction of sp³-hybridized carbons (Fsp3) is 0.526. The highest BCUT2D eigenvalue weighted by Gasteiger charge is 2.60. The first-order valence-electron chi connectivity index (χ1n) is 8.06. The van der Waals surface area contributed by atoms with Gasteiger partial charge in [-0.25, -0.2) is 4.98 Å². The van der Waals surface area contributed by atoms with Crippen LogP contribution in [0.1, 0.15) is 68.2 Å². The van der Waals surface area contributed by atoms with E-state index in [9.17, 15) is 0 Å². The maximum Gasteiger partial charge on any atom is 0.119 e. The Balaban J connectivity index is 1.99. The van der Waals surface area contributed by atoms with Crippen LogP contribution in [0, 0.1) is 12.3 Å². The molecule has 2 atom stereocenters. The summed E-state index contributed by atoms with van der Waals surface area (Å²) in [7, 11) is 1.73. The minimum absolute atomic E-state index is 0.245. The zero-order valence-corrected chi connectivity index (χ0v) is 14.4. The van der Waals surface area contributed by atoms with Crippen LogP contribution in [-0.2, 0) is 0 Å². The number of benzene rings is 1. The summed E-state index contributed by atoms with van der Waals surface area (Å²) in [6.45, 7) is 11.2. The molecule has 0 bridgehead atoms. The minimum Gasteiger partial charge on any atom is -0.497 e. The predicted molar refractivity (Wildman–Crippen MR) is 89.7 cm³/mol. The second kappa shape index (κ2) is 5.15. The van der Waals surface area contributed by atoms with Crippen molar-refractivity contribution >= 4 is 0 Å². The summed E-state index contributed by atoms with van der Waals surface area (Å²) in [5.41, 5.74) is 4.15. The zero-order valence-electron chi connectivity index (χ0n) is 14.4. The van der Waals surface area contributed by atoms with Crippen molar-refractivity contribution < 1.29 is 4.74 Å². The van der Waals surface area contributed by atoms with Gasteiger partial charge in [-0.2, -0.15) is 0 Å². The minimum atomic E-state index is 0.245. The molecule has 3 rings (SSSR count). The van der Waals surface area contributed by atoms with E-state index in [1.807, 2.05) is 13.0 Å². The molecule has 1 heterocycles. The monoisotopic (exact) mass is 298 g/mol. The van der Waals surface area contributed by atoms with E-state index in [0.29, 0.717) is 17.8 Å². The first-order valence-corrected chi connectivity index (χ1v) is 8.06. The Kier molecular flexibility index (Phi) is 3.54. The number of aryl methyl sites for hydroxylation is 1. The second-order valence-corrected chi connectivity index (χ2v) is 7.33. The number of methoxy groups -OCH3 is 1. The maximum absolute atomic E-state index is 5.39. The van der Waals surface area contributed by atoms with Gasteiger partial charge in [-0.1, -0.05) is 39.8 Å². The number of imidazole rings is 1. The lowest BCUT2D eigenvalue weighted by Crippen LogP contribution is -1.97. The number of hydrogen-bond acceptors (Lipinski definition) is 2. The molecule has 0 aliphatic heterocycles. The Morgan fingerprint density at radius 2 is 1.95 bits per heavy atom. The Labute approximate surface area is 133 Å². The van der Waals surface area contributed by atoms with Crippen LogP contribution < -0.4 is 4.74 Å². The van der Waals surface area contributed by atoms with Gasteiger partial charge in [-0.05, 0) is 41.9 Å². The van der Waals surface area contributed by atoms with Gasteiger partial charge in [-0.3, -0.25) is 0 Å². The summed E-state index contributed by atoms with van der Waals surface area (Å²) >= 11 is 0. The molecule has 1 saturated carbocycles. The van der Waals surface area contributed by atoms with E-state index >= 15 is 0 Å².